The van der Waals surface area contributed by atoms with E-state index >= 15 is 0 Å². The fraction of sp³-hybridized carbons (Fsp3) is 0.357. The molecule has 1 aliphatic carbocycles. The van der Waals surface area contributed by atoms with E-state index in [1.807, 2.05) is 68.5 Å². The summed E-state index contributed by atoms with van der Waals surface area (Å²) in [6, 6.07) is 13.2. The van der Waals surface area contributed by atoms with E-state index < -0.39 is 5.97 Å². The summed E-state index contributed by atoms with van der Waals surface area (Å²) in [6.45, 7) is 6.01. The van der Waals surface area contributed by atoms with Gasteiger partial charge in [0.15, 0.2) is 5.82 Å². The lowest BCUT2D eigenvalue weighted by Crippen LogP contribution is -2.43. The lowest BCUT2D eigenvalue weighted by molar-refractivity contribution is -0.123. The van der Waals surface area contributed by atoms with E-state index in [1.165, 1.54) is 10.9 Å². The van der Waals surface area contributed by atoms with Crippen LogP contribution in [0.1, 0.15) is 68.1 Å². The van der Waals surface area contributed by atoms with Crippen LogP contribution in [0.2, 0.25) is 0 Å². The molecule has 7 heteroatoms. The molecular formula is C28H32N4O3. The highest BCUT2D eigenvalue weighted by molar-refractivity contribution is 6.01. The van der Waals surface area contributed by atoms with E-state index in [0.29, 0.717) is 5.92 Å². The number of rotatable bonds is 7. The number of anilines is 1. The van der Waals surface area contributed by atoms with Crippen molar-refractivity contribution in [2.24, 2.45) is 11.8 Å². The van der Waals surface area contributed by atoms with Crippen LogP contribution in [-0.2, 0) is 4.79 Å². The van der Waals surface area contributed by atoms with Gasteiger partial charge in [0.25, 0.3) is 0 Å². The van der Waals surface area contributed by atoms with Crippen LogP contribution in [0.3, 0.4) is 0 Å². The molecule has 0 atom stereocenters. The Morgan fingerprint density at radius 3 is 2.37 bits per heavy atom. The van der Waals surface area contributed by atoms with Gasteiger partial charge in [0.2, 0.25) is 5.91 Å². The van der Waals surface area contributed by atoms with Crippen molar-refractivity contribution in [1.82, 2.24) is 14.8 Å². The number of carboxylic acid groups (broad SMARTS) is 1. The Balaban J connectivity index is 1.60. The molecule has 0 saturated heterocycles. The number of carbonyl (C=O) groups excluding carboxylic acids is 1. The number of hydrogen-bond donors (Lipinski definition) is 1. The zero-order chi connectivity index (χ0) is 24.9. The highest BCUT2D eigenvalue weighted by atomic mass is 16.4. The molecule has 3 aromatic rings. The quantitative estimate of drug-likeness (QED) is 0.476. The number of pyridine rings is 1. The molecule has 0 aliphatic heterocycles. The summed E-state index contributed by atoms with van der Waals surface area (Å²) in [7, 11) is 0. The predicted octanol–water partition coefficient (Wildman–Crippen LogP) is 5.70. The summed E-state index contributed by atoms with van der Waals surface area (Å²) in [6.07, 6.45) is 10.8. The number of carbonyl (C=O) groups is 2. The van der Waals surface area contributed by atoms with E-state index in [0.717, 1.165) is 42.6 Å². The fourth-order valence-corrected chi connectivity index (χ4v) is 4.53. The molecule has 1 saturated carbocycles. The SMILES string of the molecule is CC(C)N(c1nn(-c2ccc(C=Cc3ccccn3)cc2)cc1C(=O)O)C(=O)[C@H]1CC[C@H](C)CC1. The molecular weight excluding hydrogens is 440 g/mol. The Labute approximate surface area is 206 Å². The molecule has 1 aromatic carbocycles. The Bertz CT molecular complexity index is 1190. The van der Waals surface area contributed by atoms with Gasteiger partial charge in [-0.2, -0.15) is 0 Å². The maximum atomic E-state index is 13.5. The van der Waals surface area contributed by atoms with Gasteiger partial charge in [-0.05, 0) is 81.4 Å². The van der Waals surface area contributed by atoms with Crippen molar-refractivity contribution in [2.75, 3.05) is 4.90 Å². The minimum atomic E-state index is -1.10. The lowest BCUT2D eigenvalue weighted by Gasteiger charge is -2.32. The summed E-state index contributed by atoms with van der Waals surface area (Å²) < 4.78 is 1.54. The van der Waals surface area contributed by atoms with Crippen LogP contribution in [0.5, 0.6) is 0 Å². The predicted molar refractivity (Wildman–Crippen MR) is 137 cm³/mol. The Hall–Kier alpha value is -3.74. The molecule has 1 fully saturated rings. The Kier molecular flexibility index (Phi) is 7.44. The van der Waals surface area contributed by atoms with E-state index in [9.17, 15) is 14.7 Å². The molecule has 0 spiro atoms. The normalized spacial score (nSPS) is 18.2. The van der Waals surface area contributed by atoms with Crippen LogP contribution < -0.4 is 4.90 Å². The first-order chi connectivity index (χ1) is 16.8. The van der Waals surface area contributed by atoms with Gasteiger partial charge in [0, 0.05) is 24.4 Å². The zero-order valence-electron chi connectivity index (χ0n) is 20.5. The molecule has 182 valence electrons. The second-order valence-corrected chi connectivity index (χ2v) is 9.55. The summed E-state index contributed by atoms with van der Waals surface area (Å²) >= 11 is 0. The molecule has 2 aromatic heterocycles. The summed E-state index contributed by atoms with van der Waals surface area (Å²) in [5.74, 6) is -0.394. The Morgan fingerprint density at radius 1 is 1.06 bits per heavy atom. The summed E-state index contributed by atoms with van der Waals surface area (Å²) in [5, 5.41) is 14.5. The van der Waals surface area contributed by atoms with E-state index in [1.54, 1.807) is 11.1 Å². The smallest absolute Gasteiger partial charge is 0.341 e. The molecule has 0 bridgehead atoms. The summed E-state index contributed by atoms with van der Waals surface area (Å²) in [4.78, 5) is 31.4. The third kappa shape index (κ3) is 5.67. The molecule has 0 unspecified atom stereocenters. The number of aromatic carboxylic acids is 1. The number of amides is 1. The van der Waals surface area contributed by atoms with Crippen molar-refractivity contribution in [3.8, 4) is 5.69 Å². The standard InChI is InChI=1S/C28H32N4O3/c1-19(2)32(27(33)22-12-7-20(3)8-13-22)26-25(28(34)35)18-31(30-26)24-15-10-21(11-16-24)9-14-23-6-4-5-17-29-23/h4-6,9-11,14-20,22H,7-8,12-13H2,1-3H3,(H,34,35)/t20-,22-. The molecule has 4 rings (SSSR count). The average Bonchev–Trinajstić information content (AvgIpc) is 3.29. The molecule has 0 radical (unpaired) electrons. The highest BCUT2D eigenvalue weighted by Gasteiger charge is 2.34. The van der Waals surface area contributed by atoms with Crippen LogP contribution in [-0.4, -0.2) is 37.8 Å². The zero-order valence-corrected chi connectivity index (χ0v) is 20.5. The van der Waals surface area contributed by atoms with Gasteiger partial charge in [-0.1, -0.05) is 31.2 Å². The number of aromatic nitrogens is 3. The first-order valence-corrected chi connectivity index (χ1v) is 12.2. The van der Waals surface area contributed by atoms with Gasteiger partial charge < -0.3 is 5.11 Å². The van der Waals surface area contributed by atoms with Gasteiger partial charge in [-0.15, -0.1) is 5.10 Å². The molecule has 1 amide bonds. The highest BCUT2D eigenvalue weighted by Crippen LogP contribution is 2.32. The van der Waals surface area contributed by atoms with Crippen LogP contribution in [0, 0.1) is 11.8 Å². The second kappa shape index (κ2) is 10.7. The number of benzene rings is 1. The molecule has 7 nitrogen and oxygen atoms in total. The van der Waals surface area contributed by atoms with Crippen molar-refractivity contribution in [3.05, 3.63) is 71.7 Å². The van der Waals surface area contributed by atoms with Crippen LogP contribution in [0.4, 0.5) is 5.82 Å². The van der Waals surface area contributed by atoms with Crippen molar-refractivity contribution < 1.29 is 14.7 Å². The first-order valence-electron chi connectivity index (χ1n) is 12.2. The molecule has 1 aliphatic rings. The number of carboxylic acids is 1. The van der Waals surface area contributed by atoms with Crippen molar-refractivity contribution in [1.29, 1.82) is 0 Å². The minimum absolute atomic E-state index is 0.0235. The van der Waals surface area contributed by atoms with Crippen LogP contribution in [0.15, 0.2) is 54.9 Å². The van der Waals surface area contributed by atoms with Crippen LogP contribution >= 0.6 is 0 Å². The molecule has 35 heavy (non-hydrogen) atoms. The van der Waals surface area contributed by atoms with Crippen molar-refractivity contribution >= 4 is 29.8 Å². The topological polar surface area (TPSA) is 88.3 Å². The van der Waals surface area contributed by atoms with Gasteiger partial charge in [0.05, 0.1) is 11.4 Å². The number of nitrogens with zero attached hydrogens (tertiary/aromatic N) is 4. The van der Waals surface area contributed by atoms with Gasteiger partial charge >= 0.3 is 5.97 Å². The second-order valence-electron chi connectivity index (χ2n) is 9.55. The molecule has 1 N–H and O–H groups in total. The van der Waals surface area contributed by atoms with E-state index in [4.69, 9.17) is 0 Å². The Morgan fingerprint density at radius 2 is 1.77 bits per heavy atom. The maximum absolute atomic E-state index is 13.5. The van der Waals surface area contributed by atoms with Crippen molar-refractivity contribution in [3.63, 3.8) is 0 Å². The number of hydrogen-bond acceptors (Lipinski definition) is 4. The van der Waals surface area contributed by atoms with Crippen LogP contribution in [0.25, 0.3) is 17.8 Å². The minimum Gasteiger partial charge on any atom is -0.477 e. The van der Waals surface area contributed by atoms with E-state index in [2.05, 4.69) is 17.0 Å². The van der Waals surface area contributed by atoms with Gasteiger partial charge in [0.1, 0.15) is 5.56 Å². The maximum Gasteiger partial charge on any atom is 0.341 e. The third-order valence-corrected chi connectivity index (χ3v) is 6.56. The third-order valence-electron chi connectivity index (χ3n) is 6.56. The largest absolute Gasteiger partial charge is 0.477 e. The monoisotopic (exact) mass is 472 g/mol. The fourth-order valence-electron chi connectivity index (χ4n) is 4.53. The van der Waals surface area contributed by atoms with Crippen molar-refractivity contribution in [2.45, 2.75) is 52.5 Å². The first kappa shape index (κ1) is 24.4. The summed E-state index contributed by atoms with van der Waals surface area (Å²) in [5.41, 5.74) is 2.59. The van der Waals surface area contributed by atoms with Gasteiger partial charge in [-0.25, -0.2) is 9.48 Å². The lowest BCUT2D eigenvalue weighted by atomic mass is 9.82. The van der Waals surface area contributed by atoms with Gasteiger partial charge in [-0.3, -0.25) is 14.7 Å². The molecule has 2 heterocycles. The van der Waals surface area contributed by atoms with E-state index in [-0.39, 0.29) is 29.2 Å². The average molecular weight is 473 g/mol.